The molecular weight excluding hydrogens is 412 g/mol. The lowest BCUT2D eigenvalue weighted by Crippen LogP contribution is -2.06. The normalized spacial score (nSPS) is 15.1. The van der Waals surface area contributed by atoms with Crippen LogP contribution in [-0.4, -0.2) is 33.3 Å². The Labute approximate surface area is 193 Å². The Morgan fingerprint density at radius 3 is 2.85 bits per heavy atom. The number of nitrogens with one attached hydrogen (secondary N) is 3. The average molecular weight is 443 g/mol. The molecule has 0 bridgehead atoms. The van der Waals surface area contributed by atoms with Crippen molar-refractivity contribution in [1.82, 2.24) is 9.97 Å². The molecule has 1 aliphatic carbocycles. The predicted molar refractivity (Wildman–Crippen MR) is 133 cm³/mol. The molecule has 0 saturated heterocycles. The Balaban J connectivity index is 1.24. The van der Waals surface area contributed by atoms with Crippen molar-refractivity contribution < 1.29 is 10.2 Å². The summed E-state index contributed by atoms with van der Waals surface area (Å²) in [6, 6.07) is 14.6. The third-order valence-electron chi connectivity index (χ3n) is 6.56. The molecule has 0 aliphatic heterocycles. The van der Waals surface area contributed by atoms with E-state index in [-0.39, 0.29) is 6.61 Å². The fraction of sp³-hybridized carbons (Fsp3) is 0.296. The molecule has 0 radical (unpaired) electrons. The van der Waals surface area contributed by atoms with Gasteiger partial charge in [0.25, 0.3) is 0 Å². The second-order valence-corrected chi connectivity index (χ2v) is 8.74. The quantitative estimate of drug-likeness (QED) is 0.271. The van der Waals surface area contributed by atoms with Gasteiger partial charge in [-0.05, 0) is 79.1 Å². The summed E-state index contributed by atoms with van der Waals surface area (Å²) in [7, 11) is 0. The maximum atomic E-state index is 10.1. The Morgan fingerprint density at radius 1 is 1.09 bits per heavy atom. The number of pyridine rings is 1. The summed E-state index contributed by atoms with van der Waals surface area (Å²) in [4.78, 5) is 7.73. The molecule has 1 unspecified atom stereocenters. The molecule has 5 N–H and O–H groups in total. The molecular formula is C27H30N4O2. The lowest BCUT2D eigenvalue weighted by Gasteiger charge is -2.14. The number of hydrogen-bond acceptors (Lipinski definition) is 5. The van der Waals surface area contributed by atoms with Gasteiger partial charge in [-0.15, -0.1) is 0 Å². The van der Waals surface area contributed by atoms with Crippen LogP contribution in [0.15, 0.2) is 54.9 Å². The third-order valence-corrected chi connectivity index (χ3v) is 6.56. The number of nitrogens with zero attached hydrogens (tertiary/aromatic N) is 1. The van der Waals surface area contributed by atoms with Gasteiger partial charge in [0.15, 0.2) is 0 Å². The third kappa shape index (κ3) is 4.32. The summed E-state index contributed by atoms with van der Waals surface area (Å²) in [6.07, 6.45) is 6.55. The molecule has 6 nitrogen and oxygen atoms in total. The molecule has 33 heavy (non-hydrogen) atoms. The van der Waals surface area contributed by atoms with Gasteiger partial charge < -0.3 is 25.8 Å². The van der Waals surface area contributed by atoms with Gasteiger partial charge in [0.05, 0.1) is 11.8 Å². The van der Waals surface area contributed by atoms with Crippen molar-refractivity contribution >= 4 is 28.0 Å². The first-order chi connectivity index (χ1) is 16.1. The summed E-state index contributed by atoms with van der Waals surface area (Å²) in [5.41, 5.74) is 9.83. The number of rotatable bonds is 8. The average Bonchev–Trinajstić information content (AvgIpc) is 3.41. The van der Waals surface area contributed by atoms with Gasteiger partial charge in [-0.25, -0.2) is 0 Å². The minimum Gasteiger partial charge on any atom is -0.396 e. The Morgan fingerprint density at radius 2 is 2.00 bits per heavy atom. The number of benzene rings is 2. The van der Waals surface area contributed by atoms with E-state index >= 15 is 0 Å². The molecule has 2 heterocycles. The van der Waals surface area contributed by atoms with Gasteiger partial charge in [-0.3, -0.25) is 4.98 Å². The standard InChI is InChI=1S/C27H30N4O2/c1-17-15-20(31-24-10-13-29-27-22(24)6-8-25(27)33)5-7-23(17)28-12-9-19-16-30-26-18(11-14-32)3-2-4-21(19)26/h2-5,7,10,13,15-16,25,28,30,32-33H,6,8-9,11-12,14H2,1H3,(H,29,31). The van der Waals surface area contributed by atoms with E-state index in [4.69, 9.17) is 0 Å². The summed E-state index contributed by atoms with van der Waals surface area (Å²) in [5.74, 6) is 0. The van der Waals surface area contributed by atoms with Crippen LogP contribution in [0.2, 0.25) is 0 Å². The summed E-state index contributed by atoms with van der Waals surface area (Å²) >= 11 is 0. The number of para-hydroxylation sites is 1. The number of H-pyrrole nitrogens is 1. The zero-order chi connectivity index (χ0) is 22.8. The minimum atomic E-state index is -0.450. The Hall–Kier alpha value is -3.35. The number of aromatic amines is 1. The zero-order valence-electron chi connectivity index (χ0n) is 18.9. The van der Waals surface area contributed by atoms with E-state index in [1.54, 1.807) is 6.20 Å². The van der Waals surface area contributed by atoms with E-state index < -0.39 is 6.10 Å². The van der Waals surface area contributed by atoms with Gasteiger partial charge in [0.1, 0.15) is 0 Å². The highest BCUT2D eigenvalue weighted by Gasteiger charge is 2.24. The number of aryl methyl sites for hydroxylation is 1. The number of aliphatic hydroxyl groups is 2. The summed E-state index contributed by atoms with van der Waals surface area (Å²) in [5, 5.41) is 27.7. The van der Waals surface area contributed by atoms with Crippen LogP contribution in [0.1, 0.15) is 40.5 Å². The van der Waals surface area contributed by atoms with Crippen molar-refractivity contribution in [2.75, 3.05) is 23.8 Å². The van der Waals surface area contributed by atoms with Crippen LogP contribution >= 0.6 is 0 Å². The van der Waals surface area contributed by atoms with E-state index in [1.807, 2.05) is 6.07 Å². The molecule has 0 spiro atoms. The lowest BCUT2D eigenvalue weighted by atomic mass is 10.1. The molecule has 2 aromatic heterocycles. The van der Waals surface area contributed by atoms with Crippen LogP contribution in [0.5, 0.6) is 0 Å². The van der Waals surface area contributed by atoms with E-state index in [1.165, 1.54) is 16.5 Å². The second kappa shape index (κ2) is 9.25. The topological polar surface area (TPSA) is 93.2 Å². The number of fused-ring (bicyclic) bond motifs is 2. The minimum absolute atomic E-state index is 0.157. The maximum absolute atomic E-state index is 10.1. The highest BCUT2D eigenvalue weighted by Crippen LogP contribution is 2.35. The summed E-state index contributed by atoms with van der Waals surface area (Å²) < 4.78 is 0. The van der Waals surface area contributed by atoms with Crippen molar-refractivity contribution in [3.8, 4) is 0 Å². The van der Waals surface area contributed by atoms with E-state index in [0.29, 0.717) is 6.42 Å². The lowest BCUT2D eigenvalue weighted by molar-refractivity contribution is 0.176. The molecule has 170 valence electrons. The first-order valence-electron chi connectivity index (χ1n) is 11.6. The Kier molecular flexibility index (Phi) is 6.03. The fourth-order valence-corrected chi connectivity index (χ4v) is 4.83. The monoisotopic (exact) mass is 442 g/mol. The van der Waals surface area contributed by atoms with Gasteiger partial charge in [-0.1, -0.05) is 18.2 Å². The summed E-state index contributed by atoms with van der Waals surface area (Å²) in [6.45, 7) is 3.10. The molecule has 1 aliphatic rings. The van der Waals surface area contributed by atoms with Crippen molar-refractivity contribution in [1.29, 1.82) is 0 Å². The molecule has 0 saturated carbocycles. The van der Waals surface area contributed by atoms with Crippen LogP contribution in [0.25, 0.3) is 10.9 Å². The Bertz CT molecular complexity index is 1280. The first-order valence-corrected chi connectivity index (χ1v) is 11.6. The first kappa shape index (κ1) is 21.5. The fourth-order valence-electron chi connectivity index (χ4n) is 4.83. The predicted octanol–water partition coefficient (Wildman–Crippen LogP) is 4.78. The van der Waals surface area contributed by atoms with Crippen molar-refractivity contribution in [2.24, 2.45) is 0 Å². The van der Waals surface area contributed by atoms with Crippen molar-refractivity contribution in [3.05, 3.63) is 82.8 Å². The van der Waals surface area contributed by atoms with E-state index in [0.717, 1.165) is 65.2 Å². The van der Waals surface area contributed by atoms with Gasteiger partial charge in [0, 0.05) is 53.5 Å². The highest BCUT2D eigenvalue weighted by atomic mass is 16.3. The second-order valence-electron chi connectivity index (χ2n) is 8.74. The molecule has 1 atom stereocenters. The van der Waals surface area contributed by atoms with E-state index in [2.05, 4.69) is 70.1 Å². The van der Waals surface area contributed by atoms with Crippen LogP contribution in [0.3, 0.4) is 0 Å². The van der Waals surface area contributed by atoms with Crippen LogP contribution < -0.4 is 10.6 Å². The van der Waals surface area contributed by atoms with Gasteiger partial charge in [-0.2, -0.15) is 0 Å². The molecule has 0 amide bonds. The number of anilines is 3. The van der Waals surface area contributed by atoms with Crippen molar-refractivity contribution in [2.45, 2.75) is 38.7 Å². The number of aromatic nitrogens is 2. The largest absolute Gasteiger partial charge is 0.396 e. The smallest absolute Gasteiger partial charge is 0.0966 e. The van der Waals surface area contributed by atoms with Crippen LogP contribution in [-0.2, 0) is 19.3 Å². The van der Waals surface area contributed by atoms with Crippen LogP contribution in [0, 0.1) is 6.92 Å². The highest BCUT2D eigenvalue weighted by molar-refractivity contribution is 5.86. The SMILES string of the molecule is Cc1cc(Nc2ccnc3c2CCC3O)ccc1NCCc1c[nH]c2c(CCO)cccc12. The molecule has 6 heteroatoms. The van der Waals surface area contributed by atoms with Crippen LogP contribution in [0.4, 0.5) is 17.1 Å². The number of hydrogen-bond donors (Lipinski definition) is 5. The zero-order valence-corrected chi connectivity index (χ0v) is 18.9. The number of aliphatic hydroxyl groups excluding tert-OH is 2. The molecule has 0 fully saturated rings. The van der Waals surface area contributed by atoms with Gasteiger partial charge in [0.2, 0.25) is 0 Å². The van der Waals surface area contributed by atoms with E-state index in [9.17, 15) is 10.2 Å². The van der Waals surface area contributed by atoms with Gasteiger partial charge >= 0.3 is 0 Å². The molecule has 2 aromatic carbocycles. The maximum Gasteiger partial charge on any atom is 0.0966 e. The molecule has 4 aromatic rings. The van der Waals surface area contributed by atoms with Crippen molar-refractivity contribution in [3.63, 3.8) is 0 Å². The molecule has 5 rings (SSSR count).